The summed E-state index contributed by atoms with van der Waals surface area (Å²) in [7, 11) is 0. The third kappa shape index (κ3) is 3.70. The molecule has 8 nitrogen and oxygen atoms in total. The number of alkyl halides is 2. The van der Waals surface area contributed by atoms with Gasteiger partial charge in [-0.25, -0.2) is 23.3 Å². The van der Waals surface area contributed by atoms with Crippen molar-refractivity contribution in [2.24, 2.45) is 5.92 Å². The van der Waals surface area contributed by atoms with E-state index in [1.54, 1.807) is 29.9 Å². The van der Waals surface area contributed by atoms with Crippen LogP contribution in [0.25, 0.3) is 27.7 Å². The first-order valence-corrected chi connectivity index (χ1v) is 10.7. The van der Waals surface area contributed by atoms with Crippen LogP contribution in [0.2, 0.25) is 0 Å². The summed E-state index contributed by atoms with van der Waals surface area (Å²) in [5.74, 6) is -4.28. The summed E-state index contributed by atoms with van der Waals surface area (Å²) in [5.41, 5.74) is 4.39. The number of carbonyl (C=O) groups is 1. The topological polar surface area (TPSA) is 105 Å². The molecule has 4 aromatic rings. The number of halogens is 2. The third-order valence-electron chi connectivity index (χ3n) is 5.94. The van der Waals surface area contributed by atoms with Gasteiger partial charge in [0, 0.05) is 41.4 Å². The van der Waals surface area contributed by atoms with E-state index in [4.69, 9.17) is 0 Å². The lowest BCUT2D eigenvalue weighted by molar-refractivity contribution is -0.119. The van der Waals surface area contributed by atoms with Crippen LogP contribution in [0.4, 0.5) is 14.6 Å². The van der Waals surface area contributed by atoms with Gasteiger partial charge in [0.1, 0.15) is 17.6 Å². The minimum absolute atomic E-state index is 0.174. The molecule has 0 spiro atoms. The van der Waals surface area contributed by atoms with E-state index >= 15 is 0 Å². The van der Waals surface area contributed by atoms with Gasteiger partial charge in [-0.05, 0) is 38.0 Å². The number of pyridine rings is 3. The molecule has 170 valence electrons. The number of anilines is 1. The van der Waals surface area contributed by atoms with Crippen LogP contribution in [0, 0.1) is 19.8 Å². The summed E-state index contributed by atoms with van der Waals surface area (Å²) in [6.07, 6.45) is 2.78. The second kappa shape index (κ2) is 7.51. The number of carbonyl (C=O) groups excluding carboxylic acids is 1. The Morgan fingerprint density at radius 3 is 2.67 bits per heavy atom. The van der Waals surface area contributed by atoms with E-state index in [2.05, 4.69) is 25.4 Å². The highest BCUT2D eigenvalue weighted by Crippen LogP contribution is 2.49. The minimum atomic E-state index is -2.94. The molecule has 33 heavy (non-hydrogen) atoms. The minimum Gasteiger partial charge on any atom is -0.387 e. The van der Waals surface area contributed by atoms with Crippen LogP contribution in [-0.4, -0.2) is 41.5 Å². The number of hydrogen-bond acceptors (Lipinski definition) is 6. The predicted octanol–water partition coefficient (Wildman–Crippen LogP) is 3.99. The molecule has 0 aromatic carbocycles. The number of fused-ring (bicyclic) bond motifs is 3. The highest BCUT2D eigenvalue weighted by molar-refractivity contribution is 5.97. The summed E-state index contributed by atoms with van der Waals surface area (Å²) in [6, 6.07) is 5.37. The molecule has 10 heteroatoms. The molecule has 4 aromatic heterocycles. The summed E-state index contributed by atoms with van der Waals surface area (Å²) < 4.78 is 28.1. The van der Waals surface area contributed by atoms with E-state index in [9.17, 15) is 18.7 Å². The van der Waals surface area contributed by atoms with E-state index in [0.717, 1.165) is 22.1 Å². The van der Waals surface area contributed by atoms with Crippen molar-refractivity contribution in [2.75, 3.05) is 5.32 Å². The second-order valence-electron chi connectivity index (χ2n) is 8.44. The first-order chi connectivity index (χ1) is 15.7. The van der Waals surface area contributed by atoms with Gasteiger partial charge in [0.15, 0.2) is 5.65 Å². The van der Waals surface area contributed by atoms with Gasteiger partial charge in [-0.2, -0.15) is 5.10 Å². The number of aromatic nitrogens is 5. The van der Waals surface area contributed by atoms with Crippen LogP contribution in [0.15, 0.2) is 30.6 Å². The van der Waals surface area contributed by atoms with Gasteiger partial charge in [-0.1, -0.05) is 6.92 Å². The Hall–Kier alpha value is -3.53. The van der Waals surface area contributed by atoms with E-state index in [-0.39, 0.29) is 5.82 Å². The predicted molar refractivity (Wildman–Crippen MR) is 118 cm³/mol. The van der Waals surface area contributed by atoms with E-state index in [0.29, 0.717) is 29.1 Å². The van der Waals surface area contributed by atoms with E-state index < -0.39 is 30.3 Å². The summed E-state index contributed by atoms with van der Waals surface area (Å²) in [4.78, 5) is 25.3. The fraction of sp³-hybridized carbons (Fsp3) is 0.348. The lowest BCUT2D eigenvalue weighted by Gasteiger charge is -2.13. The summed E-state index contributed by atoms with van der Waals surface area (Å²) >= 11 is 0. The largest absolute Gasteiger partial charge is 0.387 e. The number of hydrogen-bond donors (Lipinski definition) is 2. The summed E-state index contributed by atoms with van der Waals surface area (Å²) in [5, 5.41) is 17.8. The number of nitrogens with zero attached hydrogens (tertiary/aromatic N) is 5. The average molecular weight is 452 g/mol. The van der Waals surface area contributed by atoms with Crippen molar-refractivity contribution >= 4 is 28.3 Å². The van der Waals surface area contributed by atoms with Gasteiger partial charge < -0.3 is 10.4 Å². The molecular weight excluding hydrogens is 430 g/mol. The first kappa shape index (κ1) is 21.3. The maximum Gasteiger partial charge on any atom is 0.260 e. The molecule has 1 aliphatic carbocycles. The highest BCUT2D eigenvalue weighted by atomic mass is 19.3. The van der Waals surface area contributed by atoms with Crippen LogP contribution in [0.5, 0.6) is 0 Å². The third-order valence-corrected chi connectivity index (χ3v) is 5.94. The molecule has 2 N–H and O–H groups in total. The van der Waals surface area contributed by atoms with Gasteiger partial charge in [0.25, 0.3) is 5.92 Å². The van der Waals surface area contributed by atoms with E-state index in [1.807, 2.05) is 26.0 Å². The number of nitrogens with one attached hydrogen (secondary N) is 1. The molecular formula is C23H22F2N6O2. The molecule has 2 atom stereocenters. The molecule has 0 saturated heterocycles. The molecule has 1 aliphatic rings. The molecule has 1 amide bonds. The van der Waals surface area contributed by atoms with Crippen molar-refractivity contribution < 1.29 is 18.7 Å². The van der Waals surface area contributed by atoms with Gasteiger partial charge in [0.05, 0.1) is 17.3 Å². The molecule has 1 saturated carbocycles. The van der Waals surface area contributed by atoms with Crippen molar-refractivity contribution in [2.45, 2.75) is 45.6 Å². The molecule has 1 fully saturated rings. The Balaban J connectivity index is 1.59. The molecule has 5 rings (SSSR count). The Bertz CT molecular complexity index is 1420. The Morgan fingerprint density at radius 2 is 2.00 bits per heavy atom. The fourth-order valence-electron chi connectivity index (χ4n) is 3.96. The zero-order chi connectivity index (χ0) is 23.5. The van der Waals surface area contributed by atoms with Crippen LogP contribution in [0.1, 0.15) is 43.0 Å². The molecule has 4 heterocycles. The van der Waals surface area contributed by atoms with Crippen LogP contribution in [-0.2, 0) is 4.79 Å². The molecule has 0 radical (unpaired) electrons. The Kier molecular flexibility index (Phi) is 4.86. The maximum atomic E-state index is 13.2. The summed E-state index contributed by atoms with van der Waals surface area (Å²) in [6.45, 7) is 5.60. The van der Waals surface area contributed by atoms with Crippen molar-refractivity contribution in [1.82, 2.24) is 24.6 Å². The Labute approximate surface area is 187 Å². The van der Waals surface area contributed by atoms with Crippen LogP contribution in [0.3, 0.4) is 0 Å². The van der Waals surface area contributed by atoms with Gasteiger partial charge in [-0.3, -0.25) is 9.78 Å². The Morgan fingerprint density at radius 1 is 1.24 bits per heavy atom. The lowest BCUT2D eigenvalue weighted by atomic mass is 10.0. The second-order valence-corrected chi connectivity index (χ2v) is 8.44. The van der Waals surface area contributed by atoms with Crippen molar-refractivity contribution in [1.29, 1.82) is 0 Å². The van der Waals surface area contributed by atoms with Gasteiger partial charge in [-0.15, -0.1) is 0 Å². The van der Waals surface area contributed by atoms with E-state index in [1.165, 1.54) is 0 Å². The first-order valence-electron chi connectivity index (χ1n) is 10.7. The zero-order valence-corrected chi connectivity index (χ0v) is 18.3. The quantitative estimate of drug-likeness (QED) is 0.474. The van der Waals surface area contributed by atoms with Gasteiger partial charge >= 0.3 is 0 Å². The number of amides is 1. The fourth-order valence-corrected chi connectivity index (χ4v) is 3.96. The normalized spacial score (nSPS) is 17.9. The monoisotopic (exact) mass is 452 g/mol. The van der Waals surface area contributed by atoms with Crippen molar-refractivity contribution in [3.63, 3.8) is 0 Å². The highest BCUT2D eigenvalue weighted by Gasteiger charge is 2.61. The zero-order valence-electron chi connectivity index (χ0n) is 18.3. The van der Waals surface area contributed by atoms with Crippen molar-refractivity contribution in [3.8, 4) is 11.1 Å². The number of aryl methyl sites for hydroxylation is 2. The lowest BCUT2D eigenvalue weighted by Crippen LogP contribution is -2.18. The number of rotatable bonds is 5. The average Bonchev–Trinajstić information content (AvgIpc) is 3.24. The van der Waals surface area contributed by atoms with Crippen molar-refractivity contribution in [3.05, 3.63) is 47.7 Å². The number of aliphatic hydroxyl groups excluding tert-OH is 1. The maximum absolute atomic E-state index is 13.2. The molecule has 0 bridgehead atoms. The number of aliphatic hydroxyl groups is 1. The smallest absolute Gasteiger partial charge is 0.260 e. The molecule has 2 unspecified atom stereocenters. The van der Waals surface area contributed by atoms with Gasteiger partial charge in [0.2, 0.25) is 5.91 Å². The SMILES string of the molecule is CCC(O)c1cc(C)c(-c2cc3cnc(NC(=O)C4CC4(F)F)cc3n3nc(C)nc23)cn1. The standard InChI is InChI=1S/C23H22F2N6O2/c1-4-19(32)17-5-11(2)15(10-26-17)14-6-13-9-27-20(29-22(33)16-8-23(16,24)25)7-18(13)31-21(14)28-12(3)30-31/h5-7,9-10,16,19,32H,4,8H2,1-3H3,(H,27,29,33). The van der Waals surface area contributed by atoms with Crippen LogP contribution >= 0.6 is 0 Å². The molecule has 0 aliphatic heterocycles. The van der Waals surface area contributed by atoms with Crippen LogP contribution < -0.4 is 5.32 Å².